The number of anilines is 1. The standard InChI is InChI=1S/C11H18BrN3O4S/c1-18-5-3-15(4-6-19-2)20(16,17)10-7-9(12)8-14-11(10)13/h7-8H,3-6H2,1-2H3,(H2,13,14). The molecule has 1 heterocycles. The number of ether oxygens (including phenoxy) is 2. The maximum atomic E-state index is 12.6. The van der Waals surface area contributed by atoms with Crippen LogP contribution in [-0.2, 0) is 19.5 Å². The van der Waals surface area contributed by atoms with Crippen LogP contribution in [0.15, 0.2) is 21.6 Å². The van der Waals surface area contributed by atoms with Gasteiger partial charge in [0.1, 0.15) is 10.7 Å². The Kier molecular flexibility index (Phi) is 6.83. The number of halogens is 1. The Balaban J connectivity index is 3.10. The van der Waals surface area contributed by atoms with Gasteiger partial charge in [0.15, 0.2) is 0 Å². The van der Waals surface area contributed by atoms with Crippen molar-refractivity contribution in [3.8, 4) is 0 Å². The fourth-order valence-electron chi connectivity index (χ4n) is 1.52. The van der Waals surface area contributed by atoms with Crippen molar-refractivity contribution in [1.82, 2.24) is 9.29 Å². The zero-order chi connectivity index (χ0) is 15.2. The molecule has 0 amide bonds. The van der Waals surface area contributed by atoms with Crippen LogP contribution in [0.4, 0.5) is 5.82 Å². The Morgan fingerprint density at radius 2 is 1.85 bits per heavy atom. The van der Waals surface area contributed by atoms with Crippen molar-refractivity contribution in [2.45, 2.75) is 4.90 Å². The van der Waals surface area contributed by atoms with Crippen LogP contribution < -0.4 is 5.73 Å². The van der Waals surface area contributed by atoms with Crippen LogP contribution in [0, 0.1) is 0 Å². The summed E-state index contributed by atoms with van der Waals surface area (Å²) in [5, 5.41) is 0. The number of pyridine rings is 1. The van der Waals surface area contributed by atoms with E-state index in [0.29, 0.717) is 4.47 Å². The molecule has 0 spiro atoms. The van der Waals surface area contributed by atoms with Gasteiger partial charge in [0.2, 0.25) is 10.0 Å². The number of nitrogens with zero attached hydrogens (tertiary/aromatic N) is 2. The molecular formula is C11H18BrN3O4S. The molecule has 0 atom stereocenters. The molecule has 0 fully saturated rings. The van der Waals surface area contributed by atoms with Crippen molar-refractivity contribution in [3.63, 3.8) is 0 Å². The van der Waals surface area contributed by atoms with Crippen LogP contribution >= 0.6 is 15.9 Å². The lowest BCUT2D eigenvalue weighted by Crippen LogP contribution is -2.37. The van der Waals surface area contributed by atoms with Crippen LogP contribution in [0.2, 0.25) is 0 Å². The molecule has 114 valence electrons. The van der Waals surface area contributed by atoms with Crippen molar-refractivity contribution in [2.75, 3.05) is 46.3 Å². The fourth-order valence-corrected chi connectivity index (χ4v) is 3.50. The highest BCUT2D eigenvalue weighted by molar-refractivity contribution is 9.10. The van der Waals surface area contributed by atoms with Crippen molar-refractivity contribution in [1.29, 1.82) is 0 Å². The second-order valence-electron chi connectivity index (χ2n) is 3.93. The molecule has 0 aliphatic heterocycles. The van der Waals surface area contributed by atoms with Gasteiger partial charge < -0.3 is 15.2 Å². The molecule has 1 rings (SSSR count). The molecule has 0 bridgehead atoms. The van der Waals surface area contributed by atoms with Gasteiger partial charge in [0.25, 0.3) is 0 Å². The lowest BCUT2D eigenvalue weighted by Gasteiger charge is -2.22. The van der Waals surface area contributed by atoms with Crippen molar-refractivity contribution >= 4 is 31.8 Å². The molecule has 0 radical (unpaired) electrons. The third-order valence-corrected chi connectivity index (χ3v) is 4.92. The summed E-state index contributed by atoms with van der Waals surface area (Å²) < 4.78 is 36.9. The van der Waals surface area contributed by atoms with Gasteiger partial charge in [-0.15, -0.1) is 0 Å². The Labute approximate surface area is 127 Å². The number of nitrogen functional groups attached to an aromatic ring is 1. The molecule has 0 aliphatic rings. The minimum absolute atomic E-state index is 0.0286. The number of nitrogens with two attached hydrogens (primary N) is 1. The smallest absolute Gasteiger partial charge is 0.246 e. The summed E-state index contributed by atoms with van der Waals surface area (Å²) in [4.78, 5) is 3.82. The summed E-state index contributed by atoms with van der Waals surface area (Å²) >= 11 is 3.19. The van der Waals surface area contributed by atoms with E-state index >= 15 is 0 Å². The van der Waals surface area contributed by atoms with E-state index in [0.717, 1.165) is 0 Å². The number of rotatable bonds is 8. The third-order valence-electron chi connectivity index (χ3n) is 2.56. The highest BCUT2D eigenvalue weighted by atomic mass is 79.9. The molecule has 1 aromatic rings. The SMILES string of the molecule is COCCN(CCOC)S(=O)(=O)c1cc(Br)cnc1N. The minimum Gasteiger partial charge on any atom is -0.383 e. The van der Waals surface area contributed by atoms with Crippen LogP contribution in [0.1, 0.15) is 0 Å². The van der Waals surface area contributed by atoms with Gasteiger partial charge in [0, 0.05) is 38.0 Å². The van der Waals surface area contributed by atoms with E-state index in [2.05, 4.69) is 20.9 Å². The number of methoxy groups -OCH3 is 2. The van der Waals surface area contributed by atoms with Crippen LogP contribution in [-0.4, -0.2) is 58.2 Å². The number of hydrogen-bond donors (Lipinski definition) is 1. The van der Waals surface area contributed by atoms with Crippen molar-refractivity contribution in [3.05, 3.63) is 16.7 Å². The maximum Gasteiger partial charge on any atom is 0.246 e. The first-order chi connectivity index (χ1) is 9.43. The molecule has 0 saturated carbocycles. The maximum absolute atomic E-state index is 12.6. The first kappa shape index (κ1) is 17.3. The van der Waals surface area contributed by atoms with E-state index in [-0.39, 0.29) is 37.0 Å². The zero-order valence-corrected chi connectivity index (χ0v) is 13.8. The van der Waals surface area contributed by atoms with E-state index in [1.807, 2.05) is 0 Å². The van der Waals surface area contributed by atoms with Gasteiger partial charge in [0.05, 0.1) is 13.2 Å². The monoisotopic (exact) mass is 367 g/mol. The quantitative estimate of drug-likeness (QED) is 0.726. The van der Waals surface area contributed by atoms with E-state index in [4.69, 9.17) is 15.2 Å². The molecule has 0 aliphatic carbocycles. The summed E-state index contributed by atoms with van der Waals surface area (Å²) in [6, 6.07) is 1.43. The number of sulfonamides is 1. The number of hydrogen-bond acceptors (Lipinski definition) is 6. The summed E-state index contributed by atoms with van der Waals surface area (Å²) in [5.41, 5.74) is 5.67. The highest BCUT2D eigenvalue weighted by Gasteiger charge is 2.27. The van der Waals surface area contributed by atoms with Gasteiger partial charge in [-0.3, -0.25) is 0 Å². The van der Waals surface area contributed by atoms with Gasteiger partial charge in [-0.25, -0.2) is 13.4 Å². The number of aromatic nitrogens is 1. The molecule has 1 aromatic heterocycles. The molecule has 9 heteroatoms. The van der Waals surface area contributed by atoms with E-state index in [9.17, 15) is 8.42 Å². The summed E-state index contributed by atoms with van der Waals surface area (Å²) in [7, 11) is -0.723. The topological polar surface area (TPSA) is 94.8 Å². The molecule has 0 aromatic carbocycles. The van der Waals surface area contributed by atoms with E-state index < -0.39 is 10.0 Å². The predicted molar refractivity (Wildman–Crippen MR) is 78.9 cm³/mol. The summed E-state index contributed by atoms with van der Waals surface area (Å²) in [6.45, 7) is 0.997. The average molecular weight is 368 g/mol. The lowest BCUT2D eigenvalue weighted by atomic mass is 10.5. The zero-order valence-electron chi connectivity index (χ0n) is 11.4. The van der Waals surface area contributed by atoms with Gasteiger partial charge >= 0.3 is 0 Å². The normalized spacial score (nSPS) is 12.0. The molecule has 0 unspecified atom stereocenters. The fraction of sp³-hybridized carbons (Fsp3) is 0.545. The van der Waals surface area contributed by atoms with Gasteiger partial charge in [-0.1, -0.05) is 0 Å². The Morgan fingerprint density at radius 3 is 2.35 bits per heavy atom. The average Bonchev–Trinajstić information content (AvgIpc) is 2.41. The highest BCUT2D eigenvalue weighted by Crippen LogP contribution is 2.23. The first-order valence-corrected chi connectivity index (χ1v) is 8.05. The minimum atomic E-state index is -3.74. The third kappa shape index (κ3) is 4.38. The predicted octanol–water partition coefficient (Wildman–Crippen LogP) is 0.710. The summed E-state index contributed by atoms with van der Waals surface area (Å²) in [5.74, 6) is -0.0342. The van der Waals surface area contributed by atoms with Crippen molar-refractivity contribution in [2.24, 2.45) is 0 Å². The van der Waals surface area contributed by atoms with E-state index in [1.165, 1.54) is 30.8 Å². The first-order valence-electron chi connectivity index (χ1n) is 5.82. The van der Waals surface area contributed by atoms with Crippen LogP contribution in [0.3, 0.4) is 0 Å². The van der Waals surface area contributed by atoms with Crippen LogP contribution in [0.5, 0.6) is 0 Å². The molecule has 0 saturated heterocycles. The second kappa shape index (κ2) is 7.89. The van der Waals surface area contributed by atoms with Crippen LogP contribution in [0.25, 0.3) is 0 Å². The van der Waals surface area contributed by atoms with Crippen molar-refractivity contribution < 1.29 is 17.9 Å². The van der Waals surface area contributed by atoms with Gasteiger partial charge in [-0.05, 0) is 22.0 Å². The second-order valence-corrected chi connectivity index (χ2v) is 6.75. The van der Waals surface area contributed by atoms with Gasteiger partial charge in [-0.2, -0.15) is 4.31 Å². The molecule has 2 N–H and O–H groups in total. The largest absolute Gasteiger partial charge is 0.383 e. The summed E-state index contributed by atoms with van der Waals surface area (Å²) in [6.07, 6.45) is 1.45. The lowest BCUT2D eigenvalue weighted by molar-refractivity contribution is 0.150. The molecule has 20 heavy (non-hydrogen) atoms. The molecular weight excluding hydrogens is 350 g/mol. The Bertz CT molecular complexity index is 530. The van der Waals surface area contributed by atoms with E-state index in [1.54, 1.807) is 0 Å². The Morgan fingerprint density at radius 1 is 1.30 bits per heavy atom. The Hall–Kier alpha value is -0.740. The molecule has 7 nitrogen and oxygen atoms in total.